The summed E-state index contributed by atoms with van der Waals surface area (Å²) in [4.78, 5) is 2.00. The molecule has 1 atom stereocenters. The van der Waals surface area contributed by atoms with Crippen LogP contribution in [0.1, 0.15) is 17.2 Å². The van der Waals surface area contributed by atoms with Crippen molar-refractivity contribution in [3.05, 3.63) is 42.0 Å². The van der Waals surface area contributed by atoms with Gasteiger partial charge in [-0.15, -0.1) is 11.8 Å². The fourth-order valence-corrected chi connectivity index (χ4v) is 4.32. The SMILES string of the molecule is COc1cc([C@@H]2CC(=S)Nc3ccccc3S2)cc(OC)c1OC. The first-order valence-electron chi connectivity index (χ1n) is 7.51. The molecule has 0 fully saturated rings. The Kier molecular flexibility index (Phi) is 5.16. The van der Waals surface area contributed by atoms with Crippen molar-refractivity contribution >= 4 is 34.7 Å². The molecule has 0 bridgehead atoms. The van der Waals surface area contributed by atoms with Gasteiger partial charge in [0.2, 0.25) is 5.75 Å². The van der Waals surface area contributed by atoms with Gasteiger partial charge < -0.3 is 19.5 Å². The number of nitrogens with one attached hydrogen (secondary N) is 1. The lowest BCUT2D eigenvalue weighted by Crippen LogP contribution is -2.10. The van der Waals surface area contributed by atoms with Crippen LogP contribution in [-0.2, 0) is 0 Å². The first-order valence-corrected chi connectivity index (χ1v) is 8.80. The second kappa shape index (κ2) is 7.32. The average molecular weight is 361 g/mol. The van der Waals surface area contributed by atoms with Crippen LogP contribution in [0.5, 0.6) is 17.2 Å². The van der Waals surface area contributed by atoms with Gasteiger partial charge in [0.1, 0.15) is 0 Å². The highest BCUT2D eigenvalue weighted by Crippen LogP contribution is 2.47. The largest absolute Gasteiger partial charge is 0.493 e. The molecule has 1 aliphatic rings. The molecular formula is C18H19NO3S2. The van der Waals surface area contributed by atoms with Crippen molar-refractivity contribution in [3.63, 3.8) is 0 Å². The maximum atomic E-state index is 5.51. The molecule has 0 saturated carbocycles. The summed E-state index contributed by atoms with van der Waals surface area (Å²) in [6.45, 7) is 0. The van der Waals surface area contributed by atoms with Crippen LogP contribution in [0.25, 0.3) is 0 Å². The molecule has 126 valence electrons. The quantitative estimate of drug-likeness (QED) is 0.797. The number of thioether (sulfide) groups is 1. The number of methoxy groups -OCH3 is 3. The third-order valence-electron chi connectivity index (χ3n) is 3.86. The number of rotatable bonds is 4. The molecule has 3 rings (SSSR count). The molecule has 2 aromatic carbocycles. The van der Waals surface area contributed by atoms with Crippen LogP contribution in [0, 0.1) is 0 Å². The molecule has 4 nitrogen and oxygen atoms in total. The number of hydrogen-bond donors (Lipinski definition) is 1. The number of ether oxygens (including phenoxy) is 3. The lowest BCUT2D eigenvalue weighted by atomic mass is 10.1. The summed E-state index contributed by atoms with van der Waals surface area (Å²) in [5, 5.41) is 3.49. The second-order valence-electron chi connectivity index (χ2n) is 5.31. The number of benzene rings is 2. The van der Waals surface area contributed by atoms with Crippen LogP contribution < -0.4 is 19.5 Å². The first kappa shape index (κ1) is 16.9. The smallest absolute Gasteiger partial charge is 0.203 e. The van der Waals surface area contributed by atoms with Gasteiger partial charge in [-0.3, -0.25) is 0 Å². The van der Waals surface area contributed by atoms with Gasteiger partial charge in [-0.05, 0) is 29.8 Å². The van der Waals surface area contributed by atoms with Gasteiger partial charge in [-0.2, -0.15) is 0 Å². The maximum Gasteiger partial charge on any atom is 0.203 e. The molecule has 6 heteroatoms. The highest BCUT2D eigenvalue weighted by atomic mass is 32.2. The summed E-state index contributed by atoms with van der Waals surface area (Å²) < 4.78 is 16.4. The minimum absolute atomic E-state index is 0.169. The molecule has 1 heterocycles. The van der Waals surface area contributed by atoms with Crippen LogP contribution in [-0.4, -0.2) is 26.3 Å². The minimum atomic E-state index is 0.169. The van der Waals surface area contributed by atoms with E-state index in [0.29, 0.717) is 17.2 Å². The van der Waals surface area contributed by atoms with E-state index in [0.717, 1.165) is 22.7 Å². The molecule has 0 aromatic heterocycles. The van der Waals surface area contributed by atoms with E-state index in [9.17, 15) is 0 Å². The fraction of sp³-hybridized carbons (Fsp3) is 0.278. The molecule has 0 radical (unpaired) electrons. The van der Waals surface area contributed by atoms with Gasteiger partial charge >= 0.3 is 0 Å². The van der Waals surface area contributed by atoms with Gasteiger partial charge in [0.15, 0.2) is 11.5 Å². The predicted octanol–water partition coefficient (Wildman–Crippen LogP) is 4.69. The van der Waals surface area contributed by atoms with Gasteiger partial charge in [0.25, 0.3) is 0 Å². The molecule has 0 unspecified atom stereocenters. The standard InChI is InChI=1S/C18H19NO3S2/c1-20-13-8-11(9-14(21-2)18(13)22-3)16-10-17(23)19-12-6-4-5-7-15(12)24-16/h4-9,16H,10H2,1-3H3,(H,19,23)/t16-/m0/s1. The molecule has 0 amide bonds. The van der Waals surface area contributed by atoms with Gasteiger partial charge in [0.05, 0.1) is 32.0 Å². The van der Waals surface area contributed by atoms with Crippen molar-refractivity contribution in [2.24, 2.45) is 0 Å². The number of thiocarbonyl (C=S) groups is 1. The second-order valence-corrected chi connectivity index (χ2v) is 7.05. The molecule has 24 heavy (non-hydrogen) atoms. The van der Waals surface area contributed by atoms with Crippen molar-refractivity contribution < 1.29 is 14.2 Å². The molecule has 1 N–H and O–H groups in total. The van der Waals surface area contributed by atoms with E-state index in [1.807, 2.05) is 30.3 Å². The summed E-state index contributed by atoms with van der Waals surface area (Å²) >= 11 is 7.29. The summed E-state index contributed by atoms with van der Waals surface area (Å²) in [7, 11) is 4.86. The topological polar surface area (TPSA) is 39.7 Å². The molecule has 1 aliphatic heterocycles. The molecule has 2 aromatic rings. The Balaban J connectivity index is 2.03. The Labute approximate surface area is 151 Å². The molecular weight excluding hydrogens is 342 g/mol. The zero-order valence-electron chi connectivity index (χ0n) is 13.8. The third kappa shape index (κ3) is 3.30. The average Bonchev–Trinajstić information content (AvgIpc) is 2.78. The Bertz CT molecular complexity index is 739. The lowest BCUT2D eigenvalue weighted by molar-refractivity contribution is 0.324. The number of hydrogen-bond acceptors (Lipinski definition) is 5. The molecule has 0 saturated heterocycles. The Morgan fingerprint density at radius 3 is 2.33 bits per heavy atom. The zero-order chi connectivity index (χ0) is 17.1. The minimum Gasteiger partial charge on any atom is -0.493 e. The van der Waals surface area contributed by atoms with E-state index < -0.39 is 0 Å². The summed E-state index contributed by atoms with van der Waals surface area (Å²) in [6, 6.07) is 12.2. The van der Waals surface area contributed by atoms with Crippen molar-refractivity contribution in [3.8, 4) is 17.2 Å². The van der Waals surface area contributed by atoms with Gasteiger partial charge in [-0.25, -0.2) is 0 Å². The van der Waals surface area contributed by atoms with E-state index >= 15 is 0 Å². The van der Waals surface area contributed by atoms with Crippen LogP contribution in [0.15, 0.2) is 41.3 Å². The van der Waals surface area contributed by atoms with Crippen molar-refractivity contribution in [1.29, 1.82) is 0 Å². The van der Waals surface area contributed by atoms with Crippen LogP contribution >= 0.6 is 24.0 Å². The predicted molar refractivity (Wildman–Crippen MR) is 102 cm³/mol. The summed E-state index contributed by atoms with van der Waals surface area (Å²) in [5.41, 5.74) is 2.15. The summed E-state index contributed by atoms with van der Waals surface area (Å²) in [5.74, 6) is 1.91. The van der Waals surface area contributed by atoms with Gasteiger partial charge in [0, 0.05) is 16.6 Å². The first-order chi connectivity index (χ1) is 11.7. The number of fused-ring (bicyclic) bond motifs is 1. The Morgan fingerprint density at radius 2 is 1.71 bits per heavy atom. The van der Waals surface area contributed by atoms with E-state index in [2.05, 4.69) is 11.4 Å². The van der Waals surface area contributed by atoms with E-state index in [4.69, 9.17) is 26.4 Å². The Morgan fingerprint density at radius 1 is 1.04 bits per heavy atom. The van der Waals surface area contributed by atoms with Gasteiger partial charge in [-0.1, -0.05) is 24.4 Å². The van der Waals surface area contributed by atoms with Crippen LogP contribution in [0.3, 0.4) is 0 Å². The lowest BCUT2D eigenvalue weighted by Gasteiger charge is -2.19. The third-order valence-corrected chi connectivity index (χ3v) is 5.46. The zero-order valence-corrected chi connectivity index (χ0v) is 15.4. The normalized spacial score (nSPS) is 16.6. The van der Waals surface area contributed by atoms with E-state index in [1.165, 1.54) is 4.90 Å². The fourth-order valence-electron chi connectivity index (χ4n) is 2.71. The summed E-state index contributed by atoms with van der Waals surface area (Å²) in [6.07, 6.45) is 0.743. The van der Waals surface area contributed by atoms with Crippen LogP contribution in [0.2, 0.25) is 0 Å². The molecule has 0 spiro atoms. The highest BCUT2D eigenvalue weighted by Gasteiger charge is 2.24. The van der Waals surface area contributed by atoms with Crippen molar-refractivity contribution in [1.82, 2.24) is 0 Å². The van der Waals surface area contributed by atoms with Crippen LogP contribution in [0.4, 0.5) is 5.69 Å². The van der Waals surface area contributed by atoms with E-state index in [-0.39, 0.29) is 5.25 Å². The maximum absolute atomic E-state index is 5.51. The number of para-hydroxylation sites is 1. The van der Waals surface area contributed by atoms with E-state index in [1.54, 1.807) is 33.1 Å². The van der Waals surface area contributed by atoms with Crippen molar-refractivity contribution in [2.75, 3.05) is 26.6 Å². The highest BCUT2D eigenvalue weighted by molar-refractivity contribution is 7.99. The molecule has 0 aliphatic carbocycles. The van der Waals surface area contributed by atoms with Crippen molar-refractivity contribution in [2.45, 2.75) is 16.6 Å². The monoisotopic (exact) mass is 361 g/mol. The Hall–Kier alpha value is -1.92. The number of anilines is 1.